The first kappa shape index (κ1) is 17.6. The molecule has 1 saturated heterocycles. The van der Waals surface area contributed by atoms with Crippen molar-refractivity contribution in [1.82, 2.24) is 0 Å². The van der Waals surface area contributed by atoms with E-state index in [4.69, 9.17) is 10.5 Å². The van der Waals surface area contributed by atoms with Crippen molar-refractivity contribution in [3.63, 3.8) is 0 Å². The highest BCUT2D eigenvalue weighted by molar-refractivity contribution is 6.10. The van der Waals surface area contributed by atoms with Gasteiger partial charge in [0.2, 0.25) is 5.71 Å². The smallest absolute Gasteiger partial charge is 0.301 e. The molecular formula is C14H13N7O4. The predicted octanol–water partition coefficient (Wildman–Crippen LogP) is 2.31. The number of nitrogens with zero attached hydrogens (tertiary/aromatic N) is 6. The van der Waals surface area contributed by atoms with Gasteiger partial charge < -0.3 is 4.90 Å². The lowest BCUT2D eigenvalue weighted by molar-refractivity contribution is -0.393. The Morgan fingerprint density at radius 1 is 1.08 bits per heavy atom. The maximum absolute atomic E-state index is 11.3. The van der Waals surface area contributed by atoms with Gasteiger partial charge in [0, 0.05) is 19.2 Å². The van der Waals surface area contributed by atoms with E-state index in [-0.39, 0.29) is 17.1 Å². The number of nitro groups is 2. The molecule has 0 atom stereocenters. The van der Waals surface area contributed by atoms with Crippen molar-refractivity contribution < 1.29 is 9.85 Å². The van der Waals surface area contributed by atoms with E-state index in [9.17, 15) is 20.2 Å². The van der Waals surface area contributed by atoms with Gasteiger partial charge >= 0.3 is 5.69 Å². The molecule has 128 valence electrons. The summed E-state index contributed by atoms with van der Waals surface area (Å²) in [5.74, 6) is 0. The molecule has 1 heterocycles. The highest BCUT2D eigenvalue weighted by Crippen LogP contribution is 2.39. The number of benzene rings is 1. The number of rotatable bonds is 5. The van der Waals surface area contributed by atoms with Crippen LogP contribution >= 0.6 is 0 Å². The fourth-order valence-corrected chi connectivity index (χ4v) is 2.53. The lowest BCUT2D eigenvalue weighted by Gasteiger charge is -2.28. The summed E-state index contributed by atoms with van der Waals surface area (Å²) >= 11 is 0. The highest BCUT2D eigenvalue weighted by atomic mass is 16.6. The fraction of sp³-hybridized carbons (Fsp3) is 0.357. The summed E-state index contributed by atoms with van der Waals surface area (Å²) in [7, 11) is 0. The van der Waals surface area contributed by atoms with Gasteiger partial charge in [-0.25, -0.2) is 0 Å². The lowest BCUT2D eigenvalue weighted by atomic mass is 10.1. The van der Waals surface area contributed by atoms with Gasteiger partial charge in [-0.1, -0.05) is 0 Å². The first-order valence-electron chi connectivity index (χ1n) is 7.33. The molecule has 0 unspecified atom stereocenters. The third-order valence-electron chi connectivity index (χ3n) is 3.68. The Morgan fingerprint density at radius 3 is 2.20 bits per heavy atom. The number of nitriles is 2. The van der Waals surface area contributed by atoms with E-state index in [0.29, 0.717) is 13.1 Å². The molecule has 25 heavy (non-hydrogen) atoms. The van der Waals surface area contributed by atoms with Crippen LogP contribution in [0.2, 0.25) is 0 Å². The van der Waals surface area contributed by atoms with Crippen LogP contribution in [0.15, 0.2) is 17.2 Å². The molecule has 1 fully saturated rings. The van der Waals surface area contributed by atoms with Crippen molar-refractivity contribution >= 4 is 28.5 Å². The Balaban J connectivity index is 2.55. The molecule has 0 aliphatic carbocycles. The zero-order valence-corrected chi connectivity index (χ0v) is 13.0. The van der Waals surface area contributed by atoms with Crippen molar-refractivity contribution in [2.45, 2.75) is 19.3 Å². The first-order valence-corrected chi connectivity index (χ1v) is 7.33. The molecule has 1 aliphatic heterocycles. The van der Waals surface area contributed by atoms with E-state index in [1.165, 1.54) is 18.2 Å². The molecule has 1 aromatic rings. The summed E-state index contributed by atoms with van der Waals surface area (Å²) in [5.41, 5.74) is 0.952. The molecule has 0 aromatic heterocycles. The van der Waals surface area contributed by atoms with Crippen molar-refractivity contribution in [3.05, 3.63) is 32.4 Å². The Bertz CT molecular complexity index is 800. The Hall–Kier alpha value is -3.73. The summed E-state index contributed by atoms with van der Waals surface area (Å²) in [5, 5.41) is 43.4. The molecule has 1 aliphatic rings. The topological polar surface area (TPSA) is 161 Å². The summed E-state index contributed by atoms with van der Waals surface area (Å²) in [6.45, 7) is 1.20. The molecule has 11 heteroatoms. The van der Waals surface area contributed by atoms with Crippen LogP contribution in [-0.2, 0) is 0 Å². The van der Waals surface area contributed by atoms with E-state index >= 15 is 0 Å². The molecule has 2 rings (SSSR count). The van der Waals surface area contributed by atoms with Crippen LogP contribution < -0.4 is 10.3 Å². The van der Waals surface area contributed by atoms with E-state index in [0.717, 1.165) is 25.3 Å². The zero-order valence-electron chi connectivity index (χ0n) is 13.0. The largest absolute Gasteiger partial charge is 0.366 e. The van der Waals surface area contributed by atoms with Gasteiger partial charge in [-0.05, 0) is 19.3 Å². The summed E-state index contributed by atoms with van der Waals surface area (Å²) in [6, 6.07) is 5.15. The maximum Gasteiger partial charge on any atom is 0.301 e. The van der Waals surface area contributed by atoms with E-state index < -0.39 is 21.2 Å². The van der Waals surface area contributed by atoms with Gasteiger partial charge in [0.15, 0.2) is 0 Å². The van der Waals surface area contributed by atoms with Crippen molar-refractivity contribution in [3.8, 4) is 12.1 Å². The number of hydrogen-bond donors (Lipinski definition) is 1. The minimum atomic E-state index is -0.788. The molecule has 0 radical (unpaired) electrons. The van der Waals surface area contributed by atoms with E-state index in [1.54, 1.807) is 4.90 Å². The maximum atomic E-state index is 11.3. The number of hydrazone groups is 1. The molecule has 0 amide bonds. The SMILES string of the molecule is N#CC(C#N)=NNc1cc(N2CCCCC2)c([N+](=O)[O-])cc1[N+](=O)[O-]. The second-order valence-corrected chi connectivity index (χ2v) is 5.22. The highest BCUT2D eigenvalue weighted by Gasteiger charge is 2.28. The molecule has 11 nitrogen and oxygen atoms in total. The van der Waals surface area contributed by atoms with Crippen LogP contribution in [0, 0.1) is 42.9 Å². The van der Waals surface area contributed by atoms with Crippen LogP contribution in [0.25, 0.3) is 0 Å². The average molecular weight is 343 g/mol. The number of piperidine rings is 1. The Morgan fingerprint density at radius 2 is 1.68 bits per heavy atom. The summed E-state index contributed by atoms with van der Waals surface area (Å²) in [6.07, 6.45) is 2.74. The second-order valence-electron chi connectivity index (χ2n) is 5.22. The number of anilines is 2. The molecule has 1 N–H and O–H groups in total. The number of hydrogen-bond acceptors (Lipinski definition) is 9. The van der Waals surface area contributed by atoms with E-state index in [2.05, 4.69) is 10.5 Å². The van der Waals surface area contributed by atoms with Gasteiger partial charge in [0.05, 0.1) is 15.9 Å². The Kier molecular flexibility index (Phi) is 5.43. The fourth-order valence-electron chi connectivity index (χ4n) is 2.53. The second kappa shape index (κ2) is 7.70. The lowest BCUT2D eigenvalue weighted by Crippen LogP contribution is -2.30. The van der Waals surface area contributed by atoms with Crippen LogP contribution in [0.3, 0.4) is 0 Å². The van der Waals surface area contributed by atoms with E-state index in [1.807, 2.05) is 0 Å². The number of nitro benzene ring substituents is 2. The molecule has 1 aromatic carbocycles. The van der Waals surface area contributed by atoms with Crippen molar-refractivity contribution in [1.29, 1.82) is 10.5 Å². The molecular weight excluding hydrogens is 330 g/mol. The third-order valence-corrected chi connectivity index (χ3v) is 3.68. The third kappa shape index (κ3) is 3.97. The summed E-state index contributed by atoms with van der Waals surface area (Å²) in [4.78, 5) is 22.9. The average Bonchev–Trinajstić information content (AvgIpc) is 2.62. The van der Waals surface area contributed by atoms with Crippen molar-refractivity contribution in [2.24, 2.45) is 5.10 Å². The monoisotopic (exact) mass is 343 g/mol. The Labute approximate surface area is 142 Å². The van der Waals surface area contributed by atoms with Crippen LogP contribution in [0.5, 0.6) is 0 Å². The van der Waals surface area contributed by atoms with Gasteiger partial charge in [-0.2, -0.15) is 15.6 Å². The molecule has 0 spiro atoms. The van der Waals surface area contributed by atoms with Gasteiger partial charge in [-0.3, -0.25) is 25.7 Å². The van der Waals surface area contributed by atoms with Gasteiger partial charge in [-0.15, -0.1) is 0 Å². The predicted molar refractivity (Wildman–Crippen MR) is 88.1 cm³/mol. The summed E-state index contributed by atoms with van der Waals surface area (Å²) < 4.78 is 0. The minimum absolute atomic E-state index is 0.126. The minimum Gasteiger partial charge on any atom is -0.366 e. The molecule has 0 bridgehead atoms. The number of nitrogens with one attached hydrogen (secondary N) is 1. The van der Waals surface area contributed by atoms with Gasteiger partial charge in [0.25, 0.3) is 5.69 Å². The van der Waals surface area contributed by atoms with Crippen LogP contribution in [0.4, 0.5) is 22.7 Å². The zero-order chi connectivity index (χ0) is 18.4. The van der Waals surface area contributed by atoms with Crippen molar-refractivity contribution in [2.75, 3.05) is 23.4 Å². The quantitative estimate of drug-likeness (QED) is 0.483. The normalized spacial score (nSPS) is 13.3. The van der Waals surface area contributed by atoms with Gasteiger partial charge in [0.1, 0.15) is 23.5 Å². The van der Waals surface area contributed by atoms with Crippen LogP contribution in [0.1, 0.15) is 19.3 Å². The first-order chi connectivity index (χ1) is 12.0. The standard InChI is InChI=1S/C14H13N7O4/c15-8-10(9-16)17-18-11-6-13(19-4-2-1-3-5-19)14(21(24)25)7-12(11)20(22)23/h6-7,18H,1-5H2. The molecule has 0 saturated carbocycles. The van der Waals surface area contributed by atoms with Crippen LogP contribution in [-0.4, -0.2) is 28.6 Å².